The molecule has 2 spiro atoms. The summed E-state index contributed by atoms with van der Waals surface area (Å²) in [6.07, 6.45) is 0. The van der Waals surface area contributed by atoms with E-state index < -0.39 is 34.0 Å². The number of hydrogen-bond donors (Lipinski definition) is 0. The SMILES string of the molecule is CC1=NN(C(C)(C)C)C(=O)C12[C@@H](c1ccccc1C)C21CN(Cc2ccccc2)C(=O)C1=O. The van der Waals surface area contributed by atoms with Crippen LogP contribution >= 0.6 is 0 Å². The van der Waals surface area contributed by atoms with E-state index in [1.165, 1.54) is 5.01 Å². The third-order valence-electron chi connectivity index (χ3n) is 7.57. The zero-order valence-corrected chi connectivity index (χ0v) is 19.8. The lowest BCUT2D eigenvalue weighted by Gasteiger charge is -2.29. The number of amides is 2. The van der Waals surface area contributed by atoms with Gasteiger partial charge in [-0.3, -0.25) is 14.4 Å². The van der Waals surface area contributed by atoms with Crippen molar-refractivity contribution in [1.82, 2.24) is 9.91 Å². The summed E-state index contributed by atoms with van der Waals surface area (Å²) in [6.45, 7) is 10.2. The lowest BCUT2D eigenvalue weighted by atomic mass is 9.86. The molecule has 2 fully saturated rings. The van der Waals surface area contributed by atoms with Gasteiger partial charge in [-0.15, -0.1) is 0 Å². The Morgan fingerprint density at radius 2 is 1.61 bits per heavy atom. The molecule has 1 saturated carbocycles. The second-order valence-electron chi connectivity index (χ2n) is 10.5. The zero-order valence-electron chi connectivity index (χ0n) is 19.8. The van der Waals surface area contributed by atoms with Crippen molar-refractivity contribution >= 4 is 23.3 Å². The molecule has 6 heteroatoms. The number of ketones is 1. The molecule has 6 nitrogen and oxygen atoms in total. The molecular weight excluding hydrogens is 414 g/mol. The Hall–Kier alpha value is -3.28. The van der Waals surface area contributed by atoms with Crippen LogP contribution in [0.1, 0.15) is 50.3 Å². The van der Waals surface area contributed by atoms with Crippen LogP contribution in [0, 0.1) is 17.8 Å². The minimum atomic E-state index is -1.13. The van der Waals surface area contributed by atoms with Gasteiger partial charge < -0.3 is 4.90 Å². The summed E-state index contributed by atoms with van der Waals surface area (Å²) in [5.74, 6) is -1.56. The van der Waals surface area contributed by atoms with Gasteiger partial charge in [0.15, 0.2) is 0 Å². The van der Waals surface area contributed by atoms with E-state index in [0.717, 1.165) is 16.7 Å². The highest BCUT2D eigenvalue weighted by Gasteiger charge is 2.90. The maximum Gasteiger partial charge on any atom is 0.291 e. The van der Waals surface area contributed by atoms with Gasteiger partial charge in [-0.05, 0) is 51.3 Å². The summed E-state index contributed by atoms with van der Waals surface area (Å²) >= 11 is 0. The molecule has 0 aromatic heterocycles. The fraction of sp³-hybridized carbons (Fsp3) is 0.407. The maximum atomic E-state index is 14.0. The Labute approximate surface area is 194 Å². The molecule has 0 N–H and O–H groups in total. The summed E-state index contributed by atoms with van der Waals surface area (Å²) in [6, 6.07) is 17.5. The van der Waals surface area contributed by atoms with Gasteiger partial charge in [0.1, 0.15) is 5.41 Å². The second-order valence-corrected chi connectivity index (χ2v) is 10.5. The van der Waals surface area contributed by atoms with Crippen LogP contribution in [0.5, 0.6) is 0 Å². The number of nitrogens with zero attached hydrogens (tertiary/aromatic N) is 3. The van der Waals surface area contributed by atoms with Crippen LogP contribution < -0.4 is 0 Å². The molecule has 2 aromatic rings. The number of benzene rings is 2. The van der Waals surface area contributed by atoms with Crippen molar-refractivity contribution in [3.05, 3.63) is 71.3 Å². The number of Topliss-reactive ketones (excluding diaryl/α,β-unsaturated/α-hetero) is 1. The van der Waals surface area contributed by atoms with Gasteiger partial charge in [0, 0.05) is 19.0 Å². The first kappa shape index (κ1) is 21.6. The van der Waals surface area contributed by atoms with Gasteiger partial charge in [0.25, 0.3) is 11.8 Å². The summed E-state index contributed by atoms with van der Waals surface area (Å²) in [4.78, 5) is 42.7. The summed E-state index contributed by atoms with van der Waals surface area (Å²) in [7, 11) is 0. The van der Waals surface area contributed by atoms with Gasteiger partial charge in [-0.2, -0.15) is 5.10 Å². The van der Waals surface area contributed by atoms with Crippen molar-refractivity contribution in [3.8, 4) is 0 Å². The van der Waals surface area contributed by atoms with Crippen molar-refractivity contribution in [1.29, 1.82) is 0 Å². The minimum Gasteiger partial charge on any atom is -0.331 e. The van der Waals surface area contributed by atoms with E-state index in [-0.39, 0.29) is 12.5 Å². The Bertz CT molecular complexity index is 1210. The lowest BCUT2D eigenvalue weighted by molar-refractivity contribution is -0.143. The van der Waals surface area contributed by atoms with E-state index in [0.29, 0.717) is 12.3 Å². The molecule has 2 aliphatic heterocycles. The van der Waals surface area contributed by atoms with E-state index in [1.807, 2.05) is 89.2 Å². The Morgan fingerprint density at radius 1 is 0.970 bits per heavy atom. The molecule has 0 radical (unpaired) electrons. The first-order valence-corrected chi connectivity index (χ1v) is 11.4. The monoisotopic (exact) mass is 443 g/mol. The molecule has 33 heavy (non-hydrogen) atoms. The number of hydrazone groups is 1. The van der Waals surface area contributed by atoms with Crippen molar-refractivity contribution in [2.24, 2.45) is 15.9 Å². The van der Waals surface area contributed by atoms with Crippen LogP contribution in [0.2, 0.25) is 0 Å². The van der Waals surface area contributed by atoms with E-state index in [2.05, 4.69) is 5.10 Å². The van der Waals surface area contributed by atoms with E-state index in [1.54, 1.807) is 4.90 Å². The van der Waals surface area contributed by atoms with Crippen molar-refractivity contribution in [3.63, 3.8) is 0 Å². The van der Waals surface area contributed by atoms with Crippen molar-refractivity contribution in [2.75, 3.05) is 6.54 Å². The van der Waals surface area contributed by atoms with Gasteiger partial charge in [-0.1, -0.05) is 54.6 Å². The first-order chi connectivity index (χ1) is 15.6. The van der Waals surface area contributed by atoms with E-state index >= 15 is 0 Å². The average Bonchev–Trinajstić information content (AvgIpc) is 3.18. The number of likely N-dealkylation sites (tertiary alicyclic amines) is 1. The quantitative estimate of drug-likeness (QED) is 0.680. The Morgan fingerprint density at radius 3 is 2.21 bits per heavy atom. The smallest absolute Gasteiger partial charge is 0.291 e. The molecule has 2 aromatic carbocycles. The summed E-state index contributed by atoms with van der Waals surface area (Å²) in [5.41, 5.74) is 0.752. The van der Waals surface area contributed by atoms with Crippen LogP contribution in [-0.4, -0.2) is 45.3 Å². The molecular formula is C27H29N3O3. The van der Waals surface area contributed by atoms with Crippen LogP contribution in [-0.2, 0) is 20.9 Å². The van der Waals surface area contributed by atoms with Crippen LogP contribution in [0.15, 0.2) is 59.7 Å². The molecule has 1 aliphatic carbocycles. The number of fused-ring (bicyclic) bond motifs is 1. The maximum absolute atomic E-state index is 14.0. The van der Waals surface area contributed by atoms with Crippen molar-refractivity contribution < 1.29 is 14.4 Å². The van der Waals surface area contributed by atoms with Gasteiger partial charge in [0.05, 0.1) is 16.7 Å². The molecule has 170 valence electrons. The molecule has 3 atom stereocenters. The number of carbonyl (C=O) groups is 3. The average molecular weight is 444 g/mol. The number of carbonyl (C=O) groups excluding carboxylic acids is 3. The molecule has 1 saturated heterocycles. The highest BCUT2D eigenvalue weighted by molar-refractivity contribution is 6.45. The highest BCUT2D eigenvalue weighted by Crippen LogP contribution is 2.79. The largest absolute Gasteiger partial charge is 0.331 e. The van der Waals surface area contributed by atoms with Crippen LogP contribution in [0.3, 0.4) is 0 Å². The van der Waals surface area contributed by atoms with E-state index in [4.69, 9.17) is 0 Å². The fourth-order valence-corrected chi connectivity index (χ4v) is 6.08. The lowest BCUT2D eigenvalue weighted by Crippen LogP contribution is -2.44. The molecule has 5 rings (SSSR count). The van der Waals surface area contributed by atoms with Crippen LogP contribution in [0.4, 0.5) is 0 Å². The molecule has 0 bridgehead atoms. The number of hydrogen-bond acceptors (Lipinski definition) is 4. The summed E-state index contributed by atoms with van der Waals surface area (Å²) in [5, 5.41) is 6.18. The number of rotatable bonds is 3. The fourth-order valence-electron chi connectivity index (χ4n) is 6.08. The number of aryl methyl sites for hydroxylation is 1. The topological polar surface area (TPSA) is 70.1 Å². The van der Waals surface area contributed by atoms with Gasteiger partial charge in [-0.25, -0.2) is 5.01 Å². The zero-order chi connectivity index (χ0) is 23.8. The summed E-state index contributed by atoms with van der Waals surface area (Å²) < 4.78 is 0. The van der Waals surface area contributed by atoms with Crippen LogP contribution in [0.25, 0.3) is 0 Å². The second kappa shape index (κ2) is 6.86. The predicted octanol–water partition coefficient (Wildman–Crippen LogP) is 3.69. The van der Waals surface area contributed by atoms with Crippen molar-refractivity contribution in [2.45, 2.75) is 52.6 Å². The Balaban J connectivity index is 1.64. The van der Waals surface area contributed by atoms with E-state index in [9.17, 15) is 14.4 Å². The molecule has 2 heterocycles. The molecule has 2 unspecified atom stereocenters. The van der Waals surface area contributed by atoms with Gasteiger partial charge >= 0.3 is 0 Å². The molecule has 3 aliphatic rings. The minimum absolute atomic E-state index is 0.177. The normalized spacial score (nSPS) is 28.9. The molecule has 2 amide bonds. The Kier molecular flexibility index (Phi) is 4.48. The first-order valence-electron chi connectivity index (χ1n) is 11.4. The third-order valence-corrected chi connectivity index (χ3v) is 7.57. The highest BCUT2D eigenvalue weighted by atomic mass is 16.2. The predicted molar refractivity (Wildman–Crippen MR) is 125 cm³/mol. The standard InChI is InChI=1S/C27H29N3O3/c1-17-11-9-10-14-20(17)21-26(27(21)18(2)28-30(24(27)33)25(3,4)5)16-29(23(32)22(26)31)15-19-12-7-6-8-13-19/h6-14,21H,15-16H2,1-5H3/t21-,26?,27?/m0/s1. The third kappa shape index (κ3) is 2.66. The van der Waals surface area contributed by atoms with Gasteiger partial charge in [0.2, 0.25) is 5.78 Å².